The van der Waals surface area contributed by atoms with Crippen LogP contribution in [0.2, 0.25) is 0 Å². The molecule has 0 radical (unpaired) electrons. The van der Waals surface area contributed by atoms with Gasteiger partial charge < -0.3 is 96.9 Å². The van der Waals surface area contributed by atoms with Crippen molar-refractivity contribution in [3.63, 3.8) is 0 Å². The van der Waals surface area contributed by atoms with Gasteiger partial charge in [-0.2, -0.15) is 0 Å². The predicted molar refractivity (Wildman–Crippen MR) is 403 cm³/mol. The number of aryl methyl sites for hydroxylation is 2. The lowest BCUT2D eigenvalue weighted by atomic mass is 9.91. The van der Waals surface area contributed by atoms with E-state index in [-0.39, 0.29) is 99.6 Å². The van der Waals surface area contributed by atoms with E-state index >= 15 is 0 Å². The zero-order valence-electron chi connectivity index (χ0n) is 65.5. The maximum atomic E-state index is 14.0. The fourth-order valence-corrected chi connectivity index (χ4v) is 13.7. The molecule has 6 amide bonds. The van der Waals surface area contributed by atoms with Gasteiger partial charge in [-0.15, -0.1) is 22.7 Å². The fourth-order valence-electron chi connectivity index (χ4n) is 12.1. The number of ether oxygens (including phenoxy) is 10. The van der Waals surface area contributed by atoms with Crippen LogP contribution in [-0.4, -0.2) is 242 Å². The average Bonchev–Trinajstić information content (AvgIpc) is 1.64. The number of methoxy groups -OCH3 is 2. The maximum absolute atomic E-state index is 14.0. The molecule has 8 atom stereocenters. The van der Waals surface area contributed by atoms with Gasteiger partial charge >= 0.3 is 12.2 Å². The number of aliphatic hydroxyl groups excluding tert-OH is 2. The van der Waals surface area contributed by atoms with Crippen LogP contribution in [0.3, 0.4) is 0 Å². The van der Waals surface area contributed by atoms with Crippen molar-refractivity contribution in [2.75, 3.05) is 121 Å². The van der Waals surface area contributed by atoms with Crippen LogP contribution in [0.25, 0.3) is 20.9 Å². The third kappa shape index (κ3) is 25.3. The summed E-state index contributed by atoms with van der Waals surface area (Å²) in [6.07, 6.45) is -2.32. The first kappa shape index (κ1) is 86.7. The molecular weight excluding hydrogens is 1440 g/mol. The lowest BCUT2D eigenvalue weighted by molar-refractivity contribution is -0.141. The van der Waals surface area contributed by atoms with Crippen molar-refractivity contribution in [2.45, 2.75) is 169 Å². The van der Waals surface area contributed by atoms with Crippen molar-refractivity contribution in [1.82, 2.24) is 50.5 Å². The highest BCUT2D eigenvalue weighted by molar-refractivity contribution is 7.13. The Bertz CT molecular complexity index is 3620. The maximum Gasteiger partial charge on any atom is 0.410 e. The SMILES string of the molecule is COc1cc(-c2scnc2C)ccc1[C@H](C)NC(=O)[C@@H]1C[C@@H](O)CN1C(=O)[C@@H](c1cc(OCCOCCOCCN(C)C(=O)OC(C)(C)C)no1)C(C)C.COc1cc(-c2scnc2C)ccc1[C@H](C)NC(=O)[C@@H]1C[C@@H](O)CN1C(=O)[C@H](c1cc(OCCOCCOCCN(C)C(=O)OC(C)(C)C)no1)C(C)C. The number of aromatic nitrogens is 4. The molecule has 0 bridgehead atoms. The molecule has 0 saturated carbocycles. The van der Waals surface area contributed by atoms with Crippen LogP contribution in [0, 0.1) is 25.7 Å². The van der Waals surface area contributed by atoms with Crippen molar-refractivity contribution in [3.8, 4) is 44.1 Å². The van der Waals surface area contributed by atoms with Crippen LogP contribution in [0.15, 0.2) is 68.6 Å². The topological polar surface area (TPSA) is 350 Å². The number of benzene rings is 2. The zero-order valence-corrected chi connectivity index (χ0v) is 67.1. The van der Waals surface area contributed by atoms with Gasteiger partial charge in [0.15, 0.2) is 11.5 Å². The van der Waals surface area contributed by atoms with Gasteiger partial charge in [0.25, 0.3) is 11.8 Å². The highest BCUT2D eigenvalue weighted by Gasteiger charge is 2.46. The Balaban J connectivity index is 0.000000301. The molecule has 2 saturated heterocycles. The van der Waals surface area contributed by atoms with E-state index in [1.165, 1.54) is 19.6 Å². The molecule has 596 valence electrons. The van der Waals surface area contributed by atoms with Crippen LogP contribution in [-0.2, 0) is 47.6 Å². The monoisotopic (exact) mass is 1550 g/mol. The number of amides is 6. The van der Waals surface area contributed by atoms with E-state index in [0.717, 1.165) is 43.4 Å². The molecule has 0 aliphatic carbocycles. The summed E-state index contributed by atoms with van der Waals surface area (Å²) in [5.74, 6) is -1.17. The minimum atomic E-state index is -0.882. The van der Waals surface area contributed by atoms with E-state index in [9.17, 15) is 39.0 Å². The van der Waals surface area contributed by atoms with Crippen LogP contribution < -0.4 is 29.6 Å². The van der Waals surface area contributed by atoms with Crippen molar-refractivity contribution in [2.24, 2.45) is 11.8 Å². The average molecular weight is 1550 g/mol. The molecule has 108 heavy (non-hydrogen) atoms. The Hall–Kier alpha value is -8.50. The fraction of sp³-hybridized carbons (Fsp3) is 0.605. The second-order valence-corrected chi connectivity index (χ2v) is 30.9. The first-order valence-electron chi connectivity index (χ1n) is 36.3. The number of likely N-dealkylation sites (tertiary alicyclic amines) is 2. The third-order valence-electron chi connectivity index (χ3n) is 17.6. The van der Waals surface area contributed by atoms with Gasteiger partial charge in [0, 0.05) is 76.4 Å². The third-order valence-corrected chi connectivity index (χ3v) is 19.6. The van der Waals surface area contributed by atoms with E-state index in [2.05, 4.69) is 30.9 Å². The van der Waals surface area contributed by atoms with Crippen molar-refractivity contribution in [3.05, 3.63) is 93.6 Å². The smallest absolute Gasteiger partial charge is 0.410 e. The molecule has 0 spiro atoms. The first-order chi connectivity index (χ1) is 51.2. The van der Waals surface area contributed by atoms with Gasteiger partial charge in [0.2, 0.25) is 23.6 Å². The van der Waals surface area contributed by atoms with Crippen LogP contribution in [0.5, 0.6) is 23.3 Å². The Morgan fingerprint density at radius 1 is 0.546 bits per heavy atom. The molecule has 2 aliphatic heterocycles. The zero-order chi connectivity index (χ0) is 79.2. The van der Waals surface area contributed by atoms with E-state index in [4.69, 9.17) is 56.4 Å². The number of carbonyl (C=O) groups excluding carboxylic acids is 6. The minimum absolute atomic E-state index is 0.0136. The number of hydrogen-bond acceptors (Lipinski definition) is 26. The molecule has 6 heterocycles. The quantitative estimate of drug-likeness (QED) is 0.0266. The minimum Gasteiger partial charge on any atom is -0.496 e. The Morgan fingerprint density at radius 2 is 0.898 bits per heavy atom. The molecule has 2 fully saturated rings. The summed E-state index contributed by atoms with van der Waals surface area (Å²) in [5.41, 5.74) is 7.84. The molecule has 30 nitrogen and oxygen atoms in total. The van der Waals surface area contributed by atoms with Crippen molar-refractivity contribution >= 4 is 58.5 Å². The molecule has 4 aromatic heterocycles. The molecule has 8 rings (SSSR count). The van der Waals surface area contributed by atoms with Crippen molar-refractivity contribution in [1.29, 1.82) is 0 Å². The van der Waals surface area contributed by atoms with E-state index in [1.54, 1.807) is 74.1 Å². The number of rotatable bonds is 36. The standard InChI is InChI=1S/2C38H55N5O10S/c2*1-23(2)33(31-20-32(41-53-31)51-17-16-50-15-14-49-13-12-42(8)37(47)52-38(5,6)7)36(46)43-21-27(44)19-29(43)35(45)40-24(3)28-11-10-26(18-30(28)48-9)34-25(4)39-22-54-34/h2*10-11,18,20,22-24,27,29,33,44H,12-17,19,21H2,1-9H3,(H,40,45)/t24-,27+,29-,33+;24-,27+,29-,33-/m00/s1. The number of aliphatic hydroxyl groups is 2. The summed E-state index contributed by atoms with van der Waals surface area (Å²) in [4.78, 5) is 96.0. The van der Waals surface area contributed by atoms with E-state index in [1.807, 2.05) is 133 Å². The van der Waals surface area contributed by atoms with Gasteiger partial charge in [0.05, 0.1) is 124 Å². The van der Waals surface area contributed by atoms with Gasteiger partial charge in [-0.05, 0) is 115 Å². The first-order valence-corrected chi connectivity index (χ1v) is 38.1. The van der Waals surface area contributed by atoms with Crippen LogP contribution in [0.1, 0.15) is 154 Å². The lowest BCUT2D eigenvalue weighted by Crippen LogP contribution is -2.48. The number of nitrogens with one attached hydrogen (secondary N) is 2. The second-order valence-electron chi connectivity index (χ2n) is 29.2. The Kier molecular flexibility index (Phi) is 32.8. The van der Waals surface area contributed by atoms with Gasteiger partial charge in [-0.1, -0.05) is 52.0 Å². The second kappa shape index (κ2) is 40.8. The number of carbonyl (C=O) groups is 6. The summed E-state index contributed by atoms with van der Waals surface area (Å²) in [6, 6.07) is 12.1. The molecule has 4 N–H and O–H groups in total. The summed E-state index contributed by atoms with van der Waals surface area (Å²) in [5, 5.41) is 35.3. The molecule has 32 heteroatoms. The number of hydrogen-bond donors (Lipinski definition) is 4. The van der Waals surface area contributed by atoms with E-state index in [0.29, 0.717) is 75.8 Å². The number of nitrogens with zero attached hydrogens (tertiary/aromatic N) is 8. The highest BCUT2D eigenvalue weighted by atomic mass is 32.1. The van der Waals surface area contributed by atoms with Crippen LogP contribution >= 0.6 is 22.7 Å². The highest BCUT2D eigenvalue weighted by Crippen LogP contribution is 2.39. The van der Waals surface area contributed by atoms with Gasteiger partial charge in [-0.25, -0.2) is 19.6 Å². The van der Waals surface area contributed by atoms with Gasteiger partial charge in [-0.3, -0.25) is 19.2 Å². The normalized spacial score (nSPS) is 17.0. The van der Waals surface area contributed by atoms with Gasteiger partial charge in [0.1, 0.15) is 59.8 Å². The summed E-state index contributed by atoms with van der Waals surface area (Å²) in [7, 11) is 6.47. The molecule has 2 aromatic carbocycles. The molecule has 2 aliphatic rings. The Morgan fingerprint density at radius 3 is 1.22 bits per heavy atom. The molecular formula is C76H110N10O20S2. The van der Waals surface area contributed by atoms with Crippen LogP contribution in [0.4, 0.5) is 9.59 Å². The number of β-amino-alcohol motifs (C(OH)–C–C–N with tert-alkyl or cyclic N) is 2. The number of likely N-dealkylation sites (N-methyl/N-ethyl adjacent to an activating group) is 2. The lowest BCUT2D eigenvalue weighted by Gasteiger charge is -2.29. The molecule has 0 unspecified atom stereocenters. The summed E-state index contributed by atoms with van der Waals surface area (Å²) < 4.78 is 66.7. The number of thiazole rings is 2. The Labute approximate surface area is 640 Å². The summed E-state index contributed by atoms with van der Waals surface area (Å²) in [6.45, 7) is 29.7. The van der Waals surface area contributed by atoms with Crippen molar-refractivity contribution < 1.29 is 95.4 Å². The van der Waals surface area contributed by atoms with E-state index < -0.39 is 71.6 Å². The largest absolute Gasteiger partial charge is 0.496 e. The summed E-state index contributed by atoms with van der Waals surface area (Å²) >= 11 is 3.09. The predicted octanol–water partition coefficient (Wildman–Crippen LogP) is 9.95. The molecule has 6 aromatic rings.